The van der Waals surface area contributed by atoms with Gasteiger partial charge in [-0.05, 0) is 37.3 Å². The van der Waals surface area contributed by atoms with E-state index in [1.54, 1.807) is 0 Å². The first-order chi connectivity index (χ1) is 11.7. The summed E-state index contributed by atoms with van der Waals surface area (Å²) < 4.78 is 76.1. The van der Waals surface area contributed by atoms with Crippen LogP contribution in [0.15, 0.2) is 40.1 Å². The fraction of sp³-hybridized carbons (Fsp3) is 0.188. The topological polar surface area (TPSA) is 69.7 Å². The Morgan fingerprint density at radius 3 is 2.16 bits per heavy atom. The zero-order valence-electron chi connectivity index (χ0n) is 13.2. The summed E-state index contributed by atoms with van der Waals surface area (Å²) in [6.45, 7) is 1.27. The second-order valence-corrected chi connectivity index (χ2v) is 6.68. The highest BCUT2D eigenvalue weighted by molar-refractivity contribution is 7.91. The van der Waals surface area contributed by atoms with Gasteiger partial charge in [-0.3, -0.25) is 0 Å². The molecule has 0 atom stereocenters. The Bertz CT molecular complexity index is 908. The van der Waals surface area contributed by atoms with Gasteiger partial charge in [0.1, 0.15) is 10.6 Å². The minimum atomic E-state index is -4.55. The number of rotatable bonds is 5. The zero-order chi connectivity index (χ0) is 18.8. The molecular weight excluding hydrogens is 361 g/mol. The van der Waals surface area contributed by atoms with Crippen LogP contribution in [0.25, 0.3) is 0 Å². The third-order valence-electron chi connectivity index (χ3n) is 3.27. The SMILES string of the molecule is CCOC(=O)c1cc(S(=O)(=O)c2ccc(OC)cc2)c(F)c(F)c1F. The molecule has 2 rings (SSSR count). The van der Waals surface area contributed by atoms with Crippen molar-refractivity contribution in [1.82, 2.24) is 0 Å². The van der Waals surface area contributed by atoms with Gasteiger partial charge in [0.15, 0.2) is 17.5 Å². The molecule has 0 unspecified atom stereocenters. The van der Waals surface area contributed by atoms with Crippen molar-refractivity contribution >= 4 is 15.8 Å². The van der Waals surface area contributed by atoms with Gasteiger partial charge in [-0.25, -0.2) is 26.4 Å². The summed E-state index contributed by atoms with van der Waals surface area (Å²) in [5.74, 6) is -6.76. The summed E-state index contributed by atoms with van der Waals surface area (Å²) in [4.78, 5) is 10.1. The van der Waals surface area contributed by atoms with E-state index in [0.717, 1.165) is 12.1 Å². The third-order valence-corrected chi connectivity index (χ3v) is 5.04. The first-order valence-corrected chi connectivity index (χ1v) is 8.46. The van der Waals surface area contributed by atoms with Gasteiger partial charge < -0.3 is 9.47 Å². The van der Waals surface area contributed by atoms with E-state index >= 15 is 0 Å². The monoisotopic (exact) mass is 374 g/mol. The Labute approximate surface area is 141 Å². The fourth-order valence-electron chi connectivity index (χ4n) is 2.02. The van der Waals surface area contributed by atoms with Crippen molar-refractivity contribution in [1.29, 1.82) is 0 Å². The Hall–Kier alpha value is -2.55. The summed E-state index contributed by atoms with van der Waals surface area (Å²) >= 11 is 0. The predicted molar refractivity (Wildman–Crippen MR) is 80.7 cm³/mol. The van der Waals surface area contributed by atoms with Crippen LogP contribution in [0.4, 0.5) is 13.2 Å². The first-order valence-electron chi connectivity index (χ1n) is 6.97. The molecule has 0 saturated heterocycles. The predicted octanol–water partition coefficient (Wildman–Crippen LogP) is 3.12. The average molecular weight is 374 g/mol. The highest BCUT2D eigenvalue weighted by Crippen LogP contribution is 2.29. The number of hydrogen-bond acceptors (Lipinski definition) is 5. The van der Waals surface area contributed by atoms with E-state index in [2.05, 4.69) is 4.74 Å². The molecule has 0 aliphatic rings. The van der Waals surface area contributed by atoms with E-state index in [4.69, 9.17) is 4.74 Å². The minimum Gasteiger partial charge on any atom is -0.497 e. The molecule has 0 aliphatic heterocycles. The van der Waals surface area contributed by atoms with Crippen molar-refractivity contribution in [3.05, 3.63) is 53.3 Å². The van der Waals surface area contributed by atoms with E-state index < -0.39 is 43.7 Å². The van der Waals surface area contributed by atoms with Gasteiger partial charge >= 0.3 is 5.97 Å². The number of sulfone groups is 1. The second kappa shape index (κ2) is 7.14. The number of esters is 1. The maximum atomic E-state index is 14.0. The average Bonchev–Trinajstić information content (AvgIpc) is 2.59. The van der Waals surface area contributed by atoms with Crippen molar-refractivity contribution < 1.29 is 35.9 Å². The normalized spacial score (nSPS) is 11.2. The lowest BCUT2D eigenvalue weighted by atomic mass is 10.2. The van der Waals surface area contributed by atoms with Crippen molar-refractivity contribution in [2.75, 3.05) is 13.7 Å². The third kappa shape index (κ3) is 3.46. The lowest BCUT2D eigenvalue weighted by Crippen LogP contribution is -2.14. The molecule has 0 N–H and O–H groups in total. The van der Waals surface area contributed by atoms with Gasteiger partial charge in [-0.1, -0.05) is 0 Å². The standard InChI is InChI=1S/C16H13F3O5S/c1-3-24-16(20)11-8-12(14(18)15(19)13(11)17)25(21,22)10-6-4-9(23-2)5-7-10/h4-8H,3H2,1-2H3. The number of ether oxygens (including phenoxy) is 2. The van der Waals surface area contributed by atoms with Crippen LogP contribution in [0.1, 0.15) is 17.3 Å². The van der Waals surface area contributed by atoms with Crippen LogP contribution >= 0.6 is 0 Å². The Morgan fingerprint density at radius 1 is 1.04 bits per heavy atom. The van der Waals surface area contributed by atoms with E-state index in [0.29, 0.717) is 11.8 Å². The number of benzene rings is 2. The molecule has 0 amide bonds. The van der Waals surface area contributed by atoms with Gasteiger partial charge in [-0.15, -0.1) is 0 Å². The minimum absolute atomic E-state index is 0.155. The number of carbonyl (C=O) groups excluding carboxylic acids is 1. The van der Waals surface area contributed by atoms with Crippen molar-refractivity contribution in [3.8, 4) is 5.75 Å². The highest BCUT2D eigenvalue weighted by atomic mass is 32.2. The molecule has 0 heterocycles. The first kappa shape index (κ1) is 18.8. The van der Waals surface area contributed by atoms with Crippen LogP contribution in [0.2, 0.25) is 0 Å². The molecule has 5 nitrogen and oxygen atoms in total. The van der Waals surface area contributed by atoms with Gasteiger partial charge in [0, 0.05) is 0 Å². The van der Waals surface area contributed by atoms with Crippen LogP contribution < -0.4 is 4.74 Å². The zero-order valence-corrected chi connectivity index (χ0v) is 14.0. The molecule has 9 heteroatoms. The maximum absolute atomic E-state index is 14.0. The Morgan fingerprint density at radius 2 is 1.64 bits per heavy atom. The number of halogens is 3. The van der Waals surface area contributed by atoms with Crippen LogP contribution in [0, 0.1) is 17.5 Å². The smallest absolute Gasteiger partial charge is 0.341 e. The molecule has 2 aromatic rings. The largest absolute Gasteiger partial charge is 0.497 e. The molecule has 0 fully saturated rings. The van der Waals surface area contributed by atoms with Crippen LogP contribution in [-0.2, 0) is 14.6 Å². The summed E-state index contributed by atoms with van der Waals surface area (Å²) in [5, 5.41) is 0. The van der Waals surface area contributed by atoms with Crippen molar-refractivity contribution in [2.45, 2.75) is 16.7 Å². The van der Waals surface area contributed by atoms with E-state index in [1.807, 2.05) is 0 Å². The summed E-state index contributed by atoms with van der Waals surface area (Å²) in [6, 6.07) is 5.25. The van der Waals surface area contributed by atoms with Gasteiger partial charge in [0.2, 0.25) is 9.84 Å². The molecule has 0 spiro atoms. The van der Waals surface area contributed by atoms with Crippen molar-refractivity contribution in [2.24, 2.45) is 0 Å². The Kier molecular flexibility index (Phi) is 5.36. The van der Waals surface area contributed by atoms with Gasteiger partial charge in [-0.2, -0.15) is 0 Å². The molecule has 0 bridgehead atoms. The van der Waals surface area contributed by atoms with E-state index in [-0.39, 0.29) is 11.5 Å². The fourth-order valence-corrected chi connectivity index (χ4v) is 3.36. The molecule has 0 aromatic heterocycles. The molecule has 0 saturated carbocycles. The van der Waals surface area contributed by atoms with E-state index in [9.17, 15) is 26.4 Å². The second-order valence-electron chi connectivity index (χ2n) is 4.76. The maximum Gasteiger partial charge on any atom is 0.341 e. The van der Waals surface area contributed by atoms with E-state index in [1.165, 1.54) is 26.2 Å². The van der Waals surface area contributed by atoms with Gasteiger partial charge in [0.05, 0.1) is 24.2 Å². The molecule has 2 aromatic carbocycles. The number of carbonyl (C=O) groups is 1. The van der Waals surface area contributed by atoms with Gasteiger partial charge in [0.25, 0.3) is 0 Å². The van der Waals surface area contributed by atoms with Crippen LogP contribution in [-0.4, -0.2) is 28.1 Å². The summed E-state index contributed by atoms with van der Waals surface area (Å²) in [5.41, 5.74) is -1.01. The molecule has 134 valence electrons. The van der Waals surface area contributed by atoms with Crippen molar-refractivity contribution in [3.63, 3.8) is 0 Å². The molecule has 0 aliphatic carbocycles. The van der Waals surface area contributed by atoms with Crippen LogP contribution in [0.3, 0.4) is 0 Å². The number of hydrogen-bond donors (Lipinski definition) is 0. The molecule has 0 radical (unpaired) electrons. The Balaban J connectivity index is 2.65. The molecular formula is C16H13F3O5S. The lowest BCUT2D eigenvalue weighted by Gasteiger charge is -2.11. The van der Waals surface area contributed by atoms with Crippen LogP contribution in [0.5, 0.6) is 5.75 Å². The summed E-state index contributed by atoms with van der Waals surface area (Å²) in [6.07, 6.45) is 0. The quantitative estimate of drug-likeness (QED) is 0.457. The molecule has 25 heavy (non-hydrogen) atoms. The summed E-state index contributed by atoms with van der Waals surface area (Å²) in [7, 11) is -3.18. The lowest BCUT2D eigenvalue weighted by molar-refractivity contribution is 0.0519. The highest BCUT2D eigenvalue weighted by Gasteiger charge is 2.30. The number of methoxy groups -OCH3 is 1.